The first-order valence-electron chi connectivity index (χ1n) is 6.04. The predicted octanol–water partition coefficient (Wildman–Crippen LogP) is 2.25. The Morgan fingerprint density at radius 3 is 2.52 bits per heavy atom. The molecule has 0 saturated carbocycles. The number of carbonyl (C=O) groups is 1. The van der Waals surface area contributed by atoms with E-state index in [1.54, 1.807) is 0 Å². The number of nitrogens with two attached hydrogens (primary N) is 1. The van der Waals surface area contributed by atoms with Crippen molar-refractivity contribution >= 4 is 17.3 Å². The van der Waals surface area contributed by atoms with E-state index in [9.17, 15) is 19.3 Å². The van der Waals surface area contributed by atoms with Gasteiger partial charge in [0.15, 0.2) is 0 Å². The lowest BCUT2D eigenvalue weighted by molar-refractivity contribution is -0.385. The molecule has 0 aliphatic carbocycles. The topological polar surface area (TPSA) is 98.3 Å². The van der Waals surface area contributed by atoms with E-state index >= 15 is 0 Å². The monoisotopic (exact) mass is 289 g/mol. The smallest absolute Gasteiger partial charge is 0.282 e. The molecule has 2 aromatic rings. The summed E-state index contributed by atoms with van der Waals surface area (Å²) in [7, 11) is 0. The standard InChI is InChI=1S/C14H12FN3O3/c15-10-3-1-9(2-4-10)8-17-14(19)12-7-11(16)5-6-13(12)18(20)21/h1-7H,8,16H2,(H,17,19). The first-order chi connectivity index (χ1) is 9.97. The number of anilines is 1. The quantitative estimate of drug-likeness (QED) is 0.512. The van der Waals surface area contributed by atoms with E-state index in [1.807, 2.05) is 0 Å². The third-order valence-electron chi connectivity index (χ3n) is 2.83. The Labute approximate surface area is 119 Å². The van der Waals surface area contributed by atoms with Gasteiger partial charge in [-0.25, -0.2) is 4.39 Å². The molecule has 0 aromatic heterocycles. The van der Waals surface area contributed by atoms with Gasteiger partial charge >= 0.3 is 0 Å². The van der Waals surface area contributed by atoms with Gasteiger partial charge in [-0.1, -0.05) is 12.1 Å². The van der Waals surface area contributed by atoms with Gasteiger partial charge in [-0.3, -0.25) is 14.9 Å². The molecule has 0 spiro atoms. The highest BCUT2D eigenvalue weighted by molar-refractivity contribution is 5.99. The molecule has 1 amide bonds. The average molecular weight is 289 g/mol. The maximum Gasteiger partial charge on any atom is 0.282 e. The maximum absolute atomic E-state index is 12.8. The van der Waals surface area contributed by atoms with Crippen molar-refractivity contribution in [1.82, 2.24) is 5.32 Å². The lowest BCUT2D eigenvalue weighted by Crippen LogP contribution is -2.23. The van der Waals surface area contributed by atoms with Gasteiger partial charge in [-0.15, -0.1) is 0 Å². The van der Waals surface area contributed by atoms with Crippen molar-refractivity contribution in [2.45, 2.75) is 6.54 Å². The van der Waals surface area contributed by atoms with Gasteiger partial charge in [0.1, 0.15) is 11.4 Å². The van der Waals surface area contributed by atoms with Crippen molar-refractivity contribution < 1.29 is 14.1 Å². The largest absolute Gasteiger partial charge is 0.399 e. The Morgan fingerprint density at radius 1 is 1.24 bits per heavy atom. The summed E-state index contributed by atoms with van der Waals surface area (Å²) in [5.41, 5.74) is 6.05. The van der Waals surface area contributed by atoms with Crippen LogP contribution in [0.4, 0.5) is 15.8 Å². The number of rotatable bonds is 4. The van der Waals surface area contributed by atoms with Crippen LogP contribution in [0.2, 0.25) is 0 Å². The second kappa shape index (κ2) is 6.00. The molecule has 108 valence electrons. The van der Waals surface area contributed by atoms with E-state index < -0.39 is 10.8 Å². The van der Waals surface area contributed by atoms with Crippen molar-refractivity contribution in [1.29, 1.82) is 0 Å². The molecule has 0 saturated heterocycles. The van der Waals surface area contributed by atoms with E-state index in [4.69, 9.17) is 5.73 Å². The fourth-order valence-electron chi connectivity index (χ4n) is 1.77. The molecule has 0 atom stereocenters. The number of nitro groups is 1. The second-order valence-corrected chi connectivity index (χ2v) is 4.34. The van der Waals surface area contributed by atoms with Crippen LogP contribution in [0.15, 0.2) is 42.5 Å². The Kier molecular flexibility index (Phi) is 4.13. The summed E-state index contributed by atoms with van der Waals surface area (Å²) in [6.45, 7) is 0.130. The van der Waals surface area contributed by atoms with Crippen LogP contribution in [0.25, 0.3) is 0 Å². The molecule has 0 aliphatic rings. The van der Waals surface area contributed by atoms with E-state index in [0.717, 1.165) is 0 Å². The number of carbonyl (C=O) groups excluding carboxylic acids is 1. The third kappa shape index (κ3) is 3.53. The number of hydrogen-bond donors (Lipinski definition) is 2. The van der Waals surface area contributed by atoms with Crippen LogP contribution in [0, 0.1) is 15.9 Å². The normalized spacial score (nSPS) is 10.1. The van der Waals surface area contributed by atoms with E-state index in [2.05, 4.69) is 5.32 Å². The van der Waals surface area contributed by atoms with Gasteiger partial charge < -0.3 is 11.1 Å². The van der Waals surface area contributed by atoms with Crippen LogP contribution in [-0.2, 0) is 6.54 Å². The van der Waals surface area contributed by atoms with Crippen molar-refractivity contribution in [3.63, 3.8) is 0 Å². The molecular weight excluding hydrogens is 277 g/mol. The summed E-state index contributed by atoms with van der Waals surface area (Å²) < 4.78 is 12.8. The molecule has 2 rings (SSSR count). The molecule has 7 heteroatoms. The van der Waals surface area contributed by atoms with Crippen molar-refractivity contribution in [3.8, 4) is 0 Å². The van der Waals surface area contributed by atoms with E-state index in [0.29, 0.717) is 5.56 Å². The minimum absolute atomic E-state index is 0.109. The third-order valence-corrected chi connectivity index (χ3v) is 2.83. The number of benzene rings is 2. The number of nitro benzene ring substituents is 1. The van der Waals surface area contributed by atoms with Crippen molar-refractivity contribution in [3.05, 3.63) is 69.5 Å². The molecule has 6 nitrogen and oxygen atoms in total. The molecule has 0 bridgehead atoms. The fraction of sp³-hybridized carbons (Fsp3) is 0.0714. The number of halogens is 1. The number of hydrogen-bond acceptors (Lipinski definition) is 4. The van der Waals surface area contributed by atoms with Gasteiger partial charge in [0.25, 0.3) is 11.6 Å². The number of nitrogens with one attached hydrogen (secondary N) is 1. The molecule has 0 heterocycles. The summed E-state index contributed by atoms with van der Waals surface area (Å²) in [5, 5.41) is 13.4. The molecule has 0 aliphatic heterocycles. The Morgan fingerprint density at radius 2 is 1.90 bits per heavy atom. The zero-order valence-electron chi connectivity index (χ0n) is 10.9. The van der Waals surface area contributed by atoms with Crippen LogP contribution in [0.5, 0.6) is 0 Å². The van der Waals surface area contributed by atoms with Crippen LogP contribution < -0.4 is 11.1 Å². The first kappa shape index (κ1) is 14.4. The van der Waals surface area contributed by atoms with Gasteiger partial charge in [-0.2, -0.15) is 0 Å². The molecule has 0 fully saturated rings. The summed E-state index contributed by atoms with van der Waals surface area (Å²) in [6, 6.07) is 9.36. The zero-order valence-corrected chi connectivity index (χ0v) is 10.9. The fourth-order valence-corrected chi connectivity index (χ4v) is 1.77. The SMILES string of the molecule is Nc1ccc([N+](=O)[O-])c(C(=O)NCc2ccc(F)cc2)c1. The van der Waals surface area contributed by atoms with Gasteiger partial charge in [-0.05, 0) is 29.8 Å². The van der Waals surface area contributed by atoms with E-state index in [-0.39, 0.29) is 29.3 Å². The Bertz CT molecular complexity index is 686. The maximum atomic E-state index is 12.8. The highest BCUT2D eigenvalue weighted by atomic mass is 19.1. The zero-order chi connectivity index (χ0) is 15.4. The van der Waals surface area contributed by atoms with Crippen molar-refractivity contribution in [2.24, 2.45) is 0 Å². The van der Waals surface area contributed by atoms with Gasteiger partial charge in [0.05, 0.1) is 4.92 Å². The lowest BCUT2D eigenvalue weighted by atomic mass is 10.1. The van der Waals surface area contributed by atoms with Crippen molar-refractivity contribution in [2.75, 3.05) is 5.73 Å². The minimum atomic E-state index is -0.647. The summed E-state index contributed by atoms with van der Waals surface area (Å²) in [4.78, 5) is 22.3. The Balaban J connectivity index is 2.15. The molecule has 3 N–H and O–H groups in total. The van der Waals surface area contributed by atoms with Gasteiger partial charge in [0.2, 0.25) is 0 Å². The molecule has 2 aromatic carbocycles. The summed E-state index contributed by atoms with van der Waals surface area (Å²) >= 11 is 0. The molecule has 0 unspecified atom stereocenters. The second-order valence-electron chi connectivity index (χ2n) is 4.34. The molecule has 21 heavy (non-hydrogen) atoms. The van der Waals surface area contributed by atoms with Crippen LogP contribution in [0.1, 0.15) is 15.9 Å². The summed E-state index contributed by atoms with van der Waals surface area (Å²) in [6.07, 6.45) is 0. The predicted molar refractivity (Wildman–Crippen MR) is 75.1 cm³/mol. The minimum Gasteiger partial charge on any atom is -0.399 e. The van der Waals surface area contributed by atoms with Crippen LogP contribution >= 0.6 is 0 Å². The molecule has 0 radical (unpaired) electrons. The highest BCUT2D eigenvalue weighted by Crippen LogP contribution is 2.21. The highest BCUT2D eigenvalue weighted by Gasteiger charge is 2.19. The summed E-state index contributed by atoms with van der Waals surface area (Å²) in [5.74, 6) is -0.991. The van der Waals surface area contributed by atoms with E-state index in [1.165, 1.54) is 42.5 Å². The number of amides is 1. The Hall–Kier alpha value is -2.96. The first-order valence-corrected chi connectivity index (χ1v) is 6.04. The van der Waals surface area contributed by atoms with Gasteiger partial charge in [0, 0.05) is 18.3 Å². The average Bonchev–Trinajstić information content (AvgIpc) is 2.46. The van der Waals surface area contributed by atoms with Crippen LogP contribution in [0.3, 0.4) is 0 Å². The van der Waals surface area contributed by atoms with Crippen LogP contribution in [-0.4, -0.2) is 10.8 Å². The number of nitrogens with zero attached hydrogens (tertiary/aromatic N) is 1. The number of nitrogen functional groups attached to an aromatic ring is 1. The lowest BCUT2D eigenvalue weighted by Gasteiger charge is -2.07. The molecular formula is C14H12FN3O3.